The van der Waals surface area contributed by atoms with Crippen molar-refractivity contribution in [1.82, 2.24) is 0 Å². The van der Waals surface area contributed by atoms with Crippen LogP contribution in [0.1, 0.15) is 32.8 Å². The Balaban J connectivity index is 2.71. The summed E-state index contributed by atoms with van der Waals surface area (Å²) in [6.07, 6.45) is -2.52. The zero-order valence-electron chi connectivity index (χ0n) is 10.7. The van der Waals surface area contributed by atoms with Crippen molar-refractivity contribution in [3.05, 3.63) is 35.9 Å². The quantitative estimate of drug-likeness (QED) is 0.754. The molecule has 0 amide bonds. The summed E-state index contributed by atoms with van der Waals surface area (Å²) in [4.78, 5) is 0. The van der Waals surface area contributed by atoms with Gasteiger partial charge in [-0.2, -0.15) is 13.2 Å². The van der Waals surface area contributed by atoms with Gasteiger partial charge in [-0.3, -0.25) is 0 Å². The van der Waals surface area contributed by atoms with Crippen LogP contribution in [0.2, 0.25) is 0 Å². The average Bonchev–Trinajstić information content (AvgIpc) is 2.13. The monoisotopic (exact) mass is 258 g/mol. The van der Waals surface area contributed by atoms with Crippen LogP contribution in [0, 0.1) is 0 Å². The molecule has 18 heavy (non-hydrogen) atoms. The lowest BCUT2D eigenvalue weighted by Gasteiger charge is -2.21. The van der Waals surface area contributed by atoms with E-state index < -0.39 is 12.6 Å². The van der Waals surface area contributed by atoms with E-state index in [4.69, 9.17) is 4.74 Å². The molecule has 0 N–H and O–H groups in total. The predicted octanol–water partition coefficient (Wildman–Crippen LogP) is 4.83. The number of allylic oxidation sites excluding steroid dienone is 1. The van der Waals surface area contributed by atoms with Crippen molar-refractivity contribution >= 4 is 6.08 Å². The number of benzene rings is 1. The van der Waals surface area contributed by atoms with Gasteiger partial charge in [0.15, 0.2) is 0 Å². The number of ether oxygens (including phenoxy) is 1. The summed E-state index contributed by atoms with van der Waals surface area (Å²) in [6, 6.07) is 7.00. The van der Waals surface area contributed by atoms with E-state index in [0.717, 1.165) is 6.08 Å². The van der Waals surface area contributed by atoms with E-state index in [-0.39, 0.29) is 5.60 Å². The molecule has 0 saturated heterocycles. The third-order valence-corrected chi connectivity index (χ3v) is 1.94. The maximum absolute atomic E-state index is 12.0. The van der Waals surface area contributed by atoms with Gasteiger partial charge in [0.25, 0.3) is 0 Å². The molecule has 0 bridgehead atoms. The van der Waals surface area contributed by atoms with Crippen LogP contribution < -0.4 is 4.74 Å². The summed E-state index contributed by atoms with van der Waals surface area (Å²) >= 11 is 0. The smallest absolute Gasteiger partial charge is 0.392 e. The second-order valence-electron chi connectivity index (χ2n) is 5.01. The molecule has 0 atom stereocenters. The molecule has 1 rings (SSSR count). The summed E-state index contributed by atoms with van der Waals surface area (Å²) < 4.78 is 41.6. The van der Waals surface area contributed by atoms with Gasteiger partial charge < -0.3 is 4.74 Å². The van der Waals surface area contributed by atoms with E-state index in [1.54, 1.807) is 24.3 Å². The van der Waals surface area contributed by atoms with E-state index in [0.29, 0.717) is 11.3 Å². The van der Waals surface area contributed by atoms with E-state index in [1.165, 1.54) is 6.08 Å². The van der Waals surface area contributed by atoms with Crippen molar-refractivity contribution in [1.29, 1.82) is 0 Å². The molecule has 1 nitrogen and oxygen atoms in total. The average molecular weight is 258 g/mol. The zero-order chi connectivity index (χ0) is 13.8. The summed E-state index contributed by atoms with van der Waals surface area (Å²) in [5.41, 5.74) is 0.370. The number of halogens is 3. The van der Waals surface area contributed by atoms with Crippen molar-refractivity contribution in [3.63, 3.8) is 0 Å². The molecule has 0 spiro atoms. The Kier molecular flexibility index (Phi) is 4.43. The van der Waals surface area contributed by atoms with E-state index >= 15 is 0 Å². The molecule has 0 heterocycles. The first-order chi connectivity index (χ1) is 8.16. The van der Waals surface area contributed by atoms with Gasteiger partial charge >= 0.3 is 6.18 Å². The molecule has 100 valence electrons. The minimum absolute atomic E-state index is 0.325. The van der Waals surface area contributed by atoms with Gasteiger partial charge in [-0.05, 0) is 38.5 Å². The van der Waals surface area contributed by atoms with Crippen LogP contribution >= 0.6 is 0 Å². The van der Waals surface area contributed by atoms with Crippen LogP contribution in [0.3, 0.4) is 0 Å². The molecule has 0 aliphatic rings. The lowest BCUT2D eigenvalue weighted by Crippen LogP contribution is -2.22. The third kappa shape index (κ3) is 6.33. The second-order valence-corrected chi connectivity index (χ2v) is 5.01. The summed E-state index contributed by atoms with van der Waals surface area (Å²) in [5.74, 6) is 0.650. The first-order valence-electron chi connectivity index (χ1n) is 5.68. The van der Waals surface area contributed by atoms with Gasteiger partial charge in [-0.15, -0.1) is 0 Å². The van der Waals surface area contributed by atoms with Crippen molar-refractivity contribution in [2.45, 2.75) is 39.0 Å². The highest BCUT2D eigenvalue weighted by molar-refractivity contribution is 5.51. The van der Waals surface area contributed by atoms with Crippen molar-refractivity contribution < 1.29 is 17.9 Å². The fourth-order valence-corrected chi connectivity index (χ4v) is 1.36. The molecule has 0 fully saturated rings. The summed E-state index contributed by atoms with van der Waals surface area (Å²) in [5, 5.41) is 0. The SMILES string of the molecule is CC(C)(C)Oc1cccc(C=CCC(F)(F)F)c1. The summed E-state index contributed by atoms with van der Waals surface area (Å²) in [6.45, 7) is 5.75. The lowest BCUT2D eigenvalue weighted by atomic mass is 10.1. The topological polar surface area (TPSA) is 9.23 Å². The standard InChI is InChI=1S/C14H17F3O/c1-13(2,3)18-12-8-4-6-11(10-12)7-5-9-14(15,16)17/h4-8,10H,9H2,1-3H3. The fraction of sp³-hybridized carbons (Fsp3) is 0.429. The second kappa shape index (κ2) is 5.46. The van der Waals surface area contributed by atoms with E-state index in [2.05, 4.69) is 0 Å². The Morgan fingerprint density at radius 3 is 2.39 bits per heavy atom. The van der Waals surface area contributed by atoms with Gasteiger partial charge in [0.05, 0.1) is 6.42 Å². The van der Waals surface area contributed by atoms with Crippen LogP contribution in [0.5, 0.6) is 5.75 Å². The maximum Gasteiger partial charge on any atom is 0.392 e. The predicted molar refractivity (Wildman–Crippen MR) is 66.5 cm³/mol. The van der Waals surface area contributed by atoms with Crippen LogP contribution in [0.15, 0.2) is 30.3 Å². The van der Waals surface area contributed by atoms with Gasteiger partial charge in [0.1, 0.15) is 11.4 Å². The number of alkyl halides is 3. The molecular weight excluding hydrogens is 241 g/mol. The molecule has 1 aromatic rings. The normalized spacial score (nSPS) is 13.0. The van der Waals surface area contributed by atoms with E-state index in [9.17, 15) is 13.2 Å². The minimum Gasteiger partial charge on any atom is -0.488 e. The molecule has 0 radical (unpaired) electrons. The highest BCUT2D eigenvalue weighted by atomic mass is 19.4. The van der Waals surface area contributed by atoms with Gasteiger partial charge in [0, 0.05) is 0 Å². The van der Waals surface area contributed by atoms with Crippen LogP contribution in [-0.4, -0.2) is 11.8 Å². The Morgan fingerprint density at radius 2 is 1.83 bits per heavy atom. The molecule has 4 heteroatoms. The minimum atomic E-state index is -4.16. The Bertz CT molecular complexity index is 414. The zero-order valence-corrected chi connectivity index (χ0v) is 10.7. The van der Waals surface area contributed by atoms with Crippen LogP contribution in [0.25, 0.3) is 6.08 Å². The maximum atomic E-state index is 12.0. The lowest BCUT2D eigenvalue weighted by molar-refractivity contribution is -0.124. The highest BCUT2D eigenvalue weighted by Crippen LogP contribution is 2.22. The van der Waals surface area contributed by atoms with Crippen molar-refractivity contribution in [2.75, 3.05) is 0 Å². The third-order valence-electron chi connectivity index (χ3n) is 1.94. The van der Waals surface area contributed by atoms with Crippen molar-refractivity contribution in [2.24, 2.45) is 0 Å². The van der Waals surface area contributed by atoms with Gasteiger partial charge in [-0.25, -0.2) is 0 Å². The largest absolute Gasteiger partial charge is 0.488 e. The molecule has 0 aliphatic heterocycles. The Labute approximate surface area is 105 Å². The summed E-state index contributed by atoms with van der Waals surface area (Å²) in [7, 11) is 0. The molecular formula is C14H17F3O. The first kappa shape index (κ1) is 14.6. The first-order valence-corrected chi connectivity index (χ1v) is 5.68. The molecule has 0 unspecified atom stereocenters. The molecule has 0 saturated carbocycles. The fourth-order valence-electron chi connectivity index (χ4n) is 1.36. The highest BCUT2D eigenvalue weighted by Gasteiger charge is 2.24. The number of rotatable bonds is 3. The van der Waals surface area contributed by atoms with Crippen LogP contribution in [0.4, 0.5) is 13.2 Å². The number of hydrogen-bond donors (Lipinski definition) is 0. The molecule has 0 aliphatic carbocycles. The van der Waals surface area contributed by atoms with Crippen molar-refractivity contribution in [3.8, 4) is 5.75 Å². The Hall–Kier alpha value is -1.45. The molecule has 0 aromatic heterocycles. The molecule has 1 aromatic carbocycles. The van der Waals surface area contributed by atoms with Gasteiger partial charge in [-0.1, -0.05) is 24.3 Å². The van der Waals surface area contributed by atoms with E-state index in [1.807, 2.05) is 20.8 Å². The number of hydrogen-bond acceptors (Lipinski definition) is 1. The van der Waals surface area contributed by atoms with Gasteiger partial charge in [0.2, 0.25) is 0 Å². The van der Waals surface area contributed by atoms with Crippen LogP contribution in [-0.2, 0) is 0 Å². The Morgan fingerprint density at radius 1 is 1.17 bits per heavy atom.